The van der Waals surface area contributed by atoms with Crippen LogP contribution in [0.5, 0.6) is 0 Å². The van der Waals surface area contributed by atoms with Gasteiger partial charge in [-0.15, -0.1) is 0 Å². The van der Waals surface area contributed by atoms with Crippen LogP contribution >= 0.6 is 0 Å². The summed E-state index contributed by atoms with van der Waals surface area (Å²) in [6.45, 7) is 0. The van der Waals surface area contributed by atoms with Crippen molar-refractivity contribution in [3.8, 4) is 44.8 Å². The number of hydrogen-bond acceptors (Lipinski definition) is 0. The Morgan fingerprint density at radius 3 is 1.20 bits per heavy atom. The van der Waals surface area contributed by atoms with E-state index >= 15 is 0 Å². The van der Waals surface area contributed by atoms with E-state index in [2.05, 4.69) is 312 Å². The van der Waals surface area contributed by atoms with E-state index in [0.717, 1.165) is 12.8 Å². The fourth-order valence-electron chi connectivity index (χ4n) is 14.3. The third-order valence-electron chi connectivity index (χ3n) is 18.3. The zero-order chi connectivity index (χ0) is 54.6. The van der Waals surface area contributed by atoms with Gasteiger partial charge in [0.05, 0.1) is 22.1 Å². The van der Waals surface area contributed by atoms with E-state index in [4.69, 9.17) is 0 Å². The number of fused-ring (bicyclic) bond motifs is 15. The van der Waals surface area contributed by atoms with Crippen LogP contribution < -0.4 is 0 Å². The highest BCUT2D eigenvalue weighted by molar-refractivity contribution is 6.11. The maximum Gasteiger partial charge on any atom is 0.0541 e. The molecule has 0 N–H and O–H groups in total. The van der Waals surface area contributed by atoms with E-state index in [0.29, 0.717) is 0 Å². The number of para-hydroxylation sites is 2. The molecule has 15 aromatic rings. The standard InChI is InChI=1S/C81H54N2/c1-3-14-62-49-66(39-35-57(62)11-1)82-77-19-9-6-16-70(77)72-47-55(29-43-79(72)82)23-21-53-25-31-59(32-26-53)64-37-41-68-69-42-38-65(52-76(69)81(75(68)51-64)46-45-61-13-5-8-18-74(61)81)60-33-27-54(28-34-60)22-24-56-30-44-80-73(48-56)71-17-7-10-20-78(71)83(80)67-40-36-58-12-2-4-15-63(58)50-67/h1-44,47-52H,45-46H2. The summed E-state index contributed by atoms with van der Waals surface area (Å²) < 4.78 is 4.81. The largest absolute Gasteiger partial charge is 0.309 e. The van der Waals surface area contributed by atoms with E-state index in [1.165, 1.54) is 154 Å². The first-order chi connectivity index (χ1) is 41.1. The van der Waals surface area contributed by atoms with Gasteiger partial charge < -0.3 is 9.13 Å². The molecule has 0 atom stereocenters. The van der Waals surface area contributed by atoms with Crippen molar-refractivity contribution in [2.24, 2.45) is 0 Å². The van der Waals surface area contributed by atoms with E-state index in [1.807, 2.05) is 0 Å². The fraction of sp³-hybridized carbons (Fsp3) is 0.0370. The lowest BCUT2D eigenvalue weighted by Gasteiger charge is -2.29. The van der Waals surface area contributed by atoms with Gasteiger partial charge in [-0.1, -0.05) is 231 Å². The molecular weight excluding hydrogens is 1000 g/mol. The van der Waals surface area contributed by atoms with Gasteiger partial charge >= 0.3 is 0 Å². The Kier molecular flexibility index (Phi) is 10.7. The van der Waals surface area contributed by atoms with Gasteiger partial charge in [0.25, 0.3) is 0 Å². The quantitative estimate of drug-likeness (QED) is 0.134. The highest BCUT2D eigenvalue weighted by Gasteiger charge is 2.48. The highest BCUT2D eigenvalue weighted by atomic mass is 15.0. The molecule has 83 heavy (non-hydrogen) atoms. The van der Waals surface area contributed by atoms with Gasteiger partial charge in [0.1, 0.15) is 0 Å². The maximum absolute atomic E-state index is 2.51. The van der Waals surface area contributed by atoms with Crippen LogP contribution in [0.2, 0.25) is 0 Å². The lowest BCUT2D eigenvalue weighted by Crippen LogP contribution is -2.23. The number of benzene rings is 13. The molecule has 2 heteroatoms. The van der Waals surface area contributed by atoms with Crippen LogP contribution in [0.1, 0.15) is 50.9 Å². The second kappa shape index (κ2) is 18.8. The Labute approximate surface area is 482 Å². The third-order valence-corrected chi connectivity index (χ3v) is 18.3. The lowest BCUT2D eigenvalue weighted by molar-refractivity contribution is 0.626. The number of aromatic nitrogens is 2. The molecule has 0 unspecified atom stereocenters. The van der Waals surface area contributed by atoms with Crippen molar-refractivity contribution < 1.29 is 0 Å². The predicted octanol–water partition coefficient (Wildman–Crippen LogP) is 21.1. The van der Waals surface area contributed by atoms with Crippen molar-refractivity contribution in [2.75, 3.05) is 0 Å². The van der Waals surface area contributed by atoms with Gasteiger partial charge in [0.15, 0.2) is 0 Å². The van der Waals surface area contributed by atoms with Crippen LogP contribution in [-0.2, 0) is 11.8 Å². The number of rotatable bonds is 8. The number of hydrogen-bond donors (Lipinski definition) is 0. The average molecular weight is 1060 g/mol. The highest BCUT2D eigenvalue weighted by Crippen LogP contribution is 2.59. The van der Waals surface area contributed by atoms with Crippen LogP contribution in [0, 0.1) is 0 Å². The van der Waals surface area contributed by atoms with Crippen molar-refractivity contribution in [3.63, 3.8) is 0 Å². The minimum atomic E-state index is -0.218. The summed E-state index contributed by atoms with van der Waals surface area (Å²) in [6.07, 6.45) is 11.1. The Bertz CT molecular complexity index is 4900. The summed E-state index contributed by atoms with van der Waals surface area (Å²) in [5.74, 6) is 0. The van der Waals surface area contributed by atoms with Gasteiger partial charge in [-0.05, 0) is 185 Å². The van der Waals surface area contributed by atoms with Crippen molar-refractivity contribution >= 4 is 89.5 Å². The molecule has 13 aromatic carbocycles. The SMILES string of the molecule is C(=Cc1ccc2c(c1)c1ccccc1n2-c1ccc2ccccc2c1)c1ccc(-c2ccc3c(c2)C2(CCc4ccccc42)c2cc(-c4ccc(C=Cc5ccc6c(c5)c5ccccc5n6-c5ccc6ccccc6c5)cc4)ccc2-3)cc1. The molecule has 0 radical (unpaired) electrons. The normalized spacial score (nSPS) is 14.6. The molecule has 0 saturated heterocycles. The van der Waals surface area contributed by atoms with Gasteiger partial charge in [-0.25, -0.2) is 0 Å². The molecule has 0 saturated carbocycles. The Hall–Kier alpha value is -10.5. The van der Waals surface area contributed by atoms with Crippen LogP contribution in [0.3, 0.4) is 0 Å². The zero-order valence-corrected chi connectivity index (χ0v) is 45.7. The molecule has 0 bridgehead atoms. The second-order valence-electron chi connectivity index (χ2n) is 22.8. The van der Waals surface area contributed by atoms with Crippen molar-refractivity contribution in [1.29, 1.82) is 0 Å². The minimum absolute atomic E-state index is 0.218. The van der Waals surface area contributed by atoms with E-state index in [-0.39, 0.29) is 5.41 Å². The van der Waals surface area contributed by atoms with E-state index in [1.54, 1.807) is 0 Å². The van der Waals surface area contributed by atoms with Gasteiger partial charge in [0, 0.05) is 38.3 Å². The molecule has 2 nitrogen and oxygen atoms in total. The predicted molar refractivity (Wildman–Crippen MR) is 352 cm³/mol. The van der Waals surface area contributed by atoms with Crippen molar-refractivity contribution in [2.45, 2.75) is 18.3 Å². The lowest BCUT2D eigenvalue weighted by atomic mass is 9.72. The molecule has 17 rings (SSSR count). The van der Waals surface area contributed by atoms with Gasteiger partial charge in [-0.3, -0.25) is 0 Å². The molecule has 2 aromatic heterocycles. The molecule has 1 spiro atoms. The Balaban J connectivity index is 0.646. The summed E-state index contributed by atoms with van der Waals surface area (Å²) >= 11 is 0. The topological polar surface area (TPSA) is 9.86 Å². The monoisotopic (exact) mass is 1050 g/mol. The molecule has 2 heterocycles. The third kappa shape index (κ3) is 7.64. The first-order valence-electron chi connectivity index (χ1n) is 29.1. The molecule has 2 aliphatic carbocycles. The molecular formula is C81H54N2. The minimum Gasteiger partial charge on any atom is -0.309 e. The van der Waals surface area contributed by atoms with Crippen molar-refractivity contribution in [1.82, 2.24) is 9.13 Å². The summed E-state index contributed by atoms with van der Waals surface area (Å²) in [7, 11) is 0. The van der Waals surface area contributed by atoms with Crippen LogP contribution in [0.4, 0.5) is 0 Å². The molecule has 0 fully saturated rings. The summed E-state index contributed by atoms with van der Waals surface area (Å²) in [5, 5.41) is 10.0. The number of aryl methyl sites for hydroxylation is 1. The van der Waals surface area contributed by atoms with Crippen LogP contribution in [0.25, 0.3) is 134 Å². The van der Waals surface area contributed by atoms with Crippen molar-refractivity contribution in [3.05, 3.63) is 324 Å². The second-order valence-corrected chi connectivity index (χ2v) is 22.8. The van der Waals surface area contributed by atoms with Gasteiger partial charge in [-0.2, -0.15) is 0 Å². The maximum atomic E-state index is 2.51. The Morgan fingerprint density at radius 2 is 0.687 bits per heavy atom. The molecule has 2 aliphatic rings. The average Bonchev–Trinajstić information content (AvgIpc) is 2.22. The summed E-state index contributed by atoms with van der Waals surface area (Å²) in [6, 6.07) is 104. The van der Waals surface area contributed by atoms with Gasteiger partial charge in [0.2, 0.25) is 0 Å². The van der Waals surface area contributed by atoms with E-state index < -0.39 is 0 Å². The Morgan fingerprint density at radius 1 is 0.277 bits per heavy atom. The first-order valence-corrected chi connectivity index (χ1v) is 29.1. The summed E-state index contributed by atoms with van der Waals surface area (Å²) in [5.41, 5.74) is 25.1. The van der Waals surface area contributed by atoms with Crippen LogP contribution in [0.15, 0.2) is 279 Å². The zero-order valence-electron chi connectivity index (χ0n) is 45.7. The summed E-state index contributed by atoms with van der Waals surface area (Å²) in [4.78, 5) is 0. The molecule has 0 aliphatic heterocycles. The molecule has 0 amide bonds. The number of nitrogens with zero attached hydrogens (tertiary/aromatic N) is 2. The van der Waals surface area contributed by atoms with Crippen LogP contribution in [-0.4, -0.2) is 9.13 Å². The van der Waals surface area contributed by atoms with E-state index in [9.17, 15) is 0 Å². The first kappa shape index (κ1) is 47.3. The fourth-order valence-corrected chi connectivity index (χ4v) is 14.3. The molecule has 388 valence electrons. The smallest absolute Gasteiger partial charge is 0.0541 e.